The Morgan fingerprint density at radius 1 is 1.10 bits per heavy atom. The van der Waals surface area contributed by atoms with Gasteiger partial charge in [-0.25, -0.2) is 18.4 Å². The number of hydrogen-bond acceptors (Lipinski definition) is 7. The molecule has 2 heterocycles. The topological polar surface area (TPSA) is 92.8 Å². The molecule has 1 amide bonds. The number of allylic oxidation sites excluding steroid dienone is 1. The highest BCUT2D eigenvalue weighted by atomic mass is 35.5. The van der Waals surface area contributed by atoms with Crippen molar-refractivity contribution in [1.82, 2.24) is 9.99 Å². The summed E-state index contributed by atoms with van der Waals surface area (Å²) in [7, 11) is -3.37. The summed E-state index contributed by atoms with van der Waals surface area (Å²) in [5.74, 6) is -0.0900. The van der Waals surface area contributed by atoms with E-state index in [4.69, 9.17) is 32.7 Å². The lowest BCUT2D eigenvalue weighted by Gasteiger charge is -2.29. The van der Waals surface area contributed by atoms with Gasteiger partial charge in [-0.1, -0.05) is 66.2 Å². The first kappa shape index (κ1) is 29.0. The minimum atomic E-state index is -3.37. The van der Waals surface area contributed by atoms with Crippen molar-refractivity contribution < 1.29 is 17.6 Å². The molecule has 7 nitrogen and oxygen atoms in total. The van der Waals surface area contributed by atoms with Crippen molar-refractivity contribution in [3.63, 3.8) is 0 Å². The van der Waals surface area contributed by atoms with Gasteiger partial charge in [-0.05, 0) is 84.5 Å². The number of nitrogens with zero attached hydrogens (tertiary/aromatic N) is 3. The summed E-state index contributed by atoms with van der Waals surface area (Å²) in [6.07, 6.45) is 4.87. The normalized spacial score (nSPS) is 19.7. The first-order valence-corrected chi connectivity index (χ1v) is 17.0. The molecule has 3 aromatic carbocycles. The van der Waals surface area contributed by atoms with E-state index in [0.717, 1.165) is 53.4 Å². The van der Waals surface area contributed by atoms with Crippen LogP contribution in [0.1, 0.15) is 43.4 Å². The predicted molar refractivity (Wildman–Crippen MR) is 168 cm³/mol. The number of sulfone groups is 1. The van der Waals surface area contributed by atoms with E-state index < -0.39 is 9.84 Å². The highest BCUT2D eigenvalue weighted by molar-refractivity contribution is 7.99. The average Bonchev–Trinajstić information content (AvgIpc) is 3.58. The van der Waals surface area contributed by atoms with Crippen molar-refractivity contribution >= 4 is 73.6 Å². The van der Waals surface area contributed by atoms with E-state index in [9.17, 15) is 13.2 Å². The molecule has 0 bridgehead atoms. The molecule has 1 aliphatic heterocycles. The molecule has 1 aliphatic carbocycles. The Morgan fingerprint density at radius 2 is 1.90 bits per heavy atom. The smallest absolute Gasteiger partial charge is 0.257 e. The van der Waals surface area contributed by atoms with Gasteiger partial charge in [0.25, 0.3) is 11.1 Å². The number of aromatic nitrogens is 1. The number of hydrogen-bond donors (Lipinski definition) is 0. The van der Waals surface area contributed by atoms with Gasteiger partial charge in [0.2, 0.25) is 0 Å². The monoisotopic (exact) mass is 639 g/mol. The van der Waals surface area contributed by atoms with Crippen LogP contribution in [-0.2, 0) is 14.6 Å². The average molecular weight is 641 g/mol. The second-order valence-corrected chi connectivity index (χ2v) is 14.3. The Bertz CT molecular complexity index is 1830. The molecule has 42 heavy (non-hydrogen) atoms. The maximum Gasteiger partial charge on any atom is 0.257 e. The van der Waals surface area contributed by atoms with Crippen LogP contribution in [0.2, 0.25) is 10.0 Å². The van der Waals surface area contributed by atoms with Crippen molar-refractivity contribution in [2.45, 2.75) is 42.3 Å². The molecule has 11 heteroatoms. The number of fused-ring (bicyclic) bond motifs is 2. The largest absolute Gasteiger partial charge is 0.431 e. The zero-order chi connectivity index (χ0) is 29.4. The molecule has 0 saturated heterocycles. The second kappa shape index (κ2) is 11.9. The fraction of sp³-hybridized carbons (Fsp3) is 0.258. The van der Waals surface area contributed by atoms with E-state index in [0.29, 0.717) is 26.4 Å². The first-order valence-electron chi connectivity index (χ1n) is 13.6. The summed E-state index contributed by atoms with van der Waals surface area (Å²) in [6.45, 7) is 1.60. The summed E-state index contributed by atoms with van der Waals surface area (Å²) in [6, 6.07) is 19.6. The van der Waals surface area contributed by atoms with Gasteiger partial charge in [0, 0.05) is 16.0 Å². The molecule has 1 fully saturated rings. The number of halogens is 2. The van der Waals surface area contributed by atoms with Crippen LogP contribution in [-0.4, -0.2) is 41.5 Å². The number of thioether (sulfide) groups is 1. The van der Waals surface area contributed by atoms with Crippen LogP contribution >= 0.6 is 35.0 Å². The Hall–Kier alpha value is -3.11. The third kappa shape index (κ3) is 5.88. The number of carbonyl (C=O) groups excluding carboxylic acids is 1. The Balaban J connectivity index is 1.28. The van der Waals surface area contributed by atoms with Crippen LogP contribution in [0, 0.1) is 5.92 Å². The molecule has 216 valence electrons. The summed E-state index contributed by atoms with van der Waals surface area (Å²) < 4.78 is 30.4. The van der Waals surface area contributed by atoms with Crippen molar-refractivity contribution in [2.24, 2.45) is 11.0 Å². The van der Waals surface area contributed by atoms with Crippen molar-refractivity contribution in [2.75, 3.05) is 11.5 Å². The van der Waals surface area contributed by atoms with Crippen LogP contribution in [0.15, 0.2) is 91.9 Å². The van der Waals surface area contributed by atoms with E-state index in [1.807, 2.05) is 48.5 Å². The number of amides is 1. The van der Waals surface area contributed by atoms with Gasteiger partial charge in [-0.15, -0.1) is 0 Å². The molecule has 2 unspecified atom stereocenters. The fourth-order valence-corrected chi connectivity index (χ4v) is 7.41. The lowest BCUT2D eigenvalue weighted by atomic mass is 9.77. The van der Waals surface area contributed by atoms with E-state index in [1.54, 1.807) is 18.0 Å². The standard InChI is InChI=1S/C31H27Cl2N3O4S2/c1-2-42(38,39)24-13-14-27-26(17-24)34-31(40-27)41-18-28(37)36-30(20-9-11-22(32)12-10-20)25-8-4-6-21(29(25)35-36)15-19-5-3-7-23(33)16-19/h3,5,7,9-17,25,30H,2,4,6,8,18H2,1H3. The summed E-state index contributed by atoms with van der Waals surface area (Å²) >= 11 is 13.6. The molecular formula is C31H27Cl2N3O4S2. The Morgan fingerprint density at radius 3 is 2.67 bits per heavy atom. The number of rotatable bonds is 7. The first-order chi connectivity index (χ1) is 20.2. The lowest BCUT2D eigenvalue weighted by molar-refractivity contribution is -0.130. The van der Waals surface area contributed by atoms with Crippen molar-refractivity contribution in [3.05, 3.63) is 93.5 Å². The third-order valence-electron chi connectivity index (χ3n) is 7.56. The van der Waals surface area contributed by atoms with Gasteiger partial charge in [-0.2, -0.15) is 5.10 Å². The molecule has 0 N–H and O–H groups in total. The van der Waals surface area contributed by atoms with E-state index in [-0.39, 0.29) is 34.3 Å². The van der Waals surface area contributed by atoms with Crippen molar-refractivity contribution in [3.8, 4) is 0 Å². The van der Waals surface area contributed by atoms with Crippen LogP contribution in [0.25, 0.3) is 17.2 Å². The van der Waals surface area contributed by atoms with Crippen molar-refractivity contribution in [1.29, 1.82) is 0 Å². The molecule has 6 rings (SSSR count). The van der Waals surface area contributed by atoms with Gasteiger partial charge in [0.05, 0.1) is 28.2 Å². The maximum atomic E-state index is 13.7. The number of oxazole rings is 1. The summed E-state index contributed by atoms with van der Waals surface area (Å²) in [5, 5.41) is 8.11. The van der Waals surface area contributed by atoms with Gasteiger partial charge in [0.1, 0.15) is 5.52 Å². The van der Waals surface area contributed by atoms with Crippen LogP contribution in [0.4, 0.5) is 0 Å². The minimum Gasteiger partial charge on any atom is -0.431 e. The zero-order valence-corrected chi connectivity index (χ0v) is 25.8. The summed E-state index contributed by atoms with van der Waals surface area (Å²) in [5.41, 5.74) is 4.88. The van der Waals surface area contributed by atoms with E-state index in [2.05, 4.69) is 11.1 Å². The quantitative estimate of drug-likeness (QED) is 0.191. The zero-order valence-electron chi connectivity index (χ0n) is 22.7. The number of hydrazone groups is 1. The summed E-state index contributed by atoms with van der Waals surface area (Å²) in [4.78, 5) is 18.4. The van der Waals surface area contributed by atoms with Gasteiger partial charge >= 0.3 is 0 Å². The number of benzene rings is 3. The molecular weight excluding hydrogens is 613 g/mol. The molecule has 0 radical (unpaired) electrons. The van der Waals surface area contributed by atoms with Crippen LogP contribution in [0.3, 0.4) is 0 Å². The third-order valence-corrected chi connectivity index (χ3v) is 10.6. The second-order valence-electron chi connectivity index (χ2n) is 10.2. The molecule has 2 atom stereocenters. The van der Waals surface area contributed by atoms with E-state index in [1.165, 1.54) is 12.1 Å². The Labute approximate surface area is 258 Å². The molecule has 1 aromatic heterocycles. The highest BCUT2D eigenvalue weighted by Crippen LogP contribution is 2.45. The molecule has 2 aliphatic rings. The number of carbonyl (C=O) groups is 1. The Kier molecular flexibility index (Phi) is 8.20. The molecule has 1 saturated carbocycles. The molecule has 0 spiro atoms. The fourth-order valence-electron chi connectivity index (χ4n) is 5.50. The lowest BCUT2D eigenvalue weighted by Crippen LogP contribution is -2.32. The minimum absolute atomic E-state index is 0.00339. The van der Waals surface area contributed by atoms with Gasteiger partial charge < -0.3 is 4.42 Å². The SMILES string of the molecule is CCS(=O)(=O)c1ccc2oc(SCC(=O)N3N=C4C(=Cc5cccc(Cl)c5)CCCC4C3c3ccc(Cl)cc3)nc2c1. The van der Waals surface area contributed by atoms with Crippen LogP contribution in [0.5, 0.6) is 0 Å². The van der Waals surface area contributed by atoms with Gasteiger partial charge in [0.15, 0.2) is 15.4 Å². The van der Waals surface area contributed by atoms with E-state index >= 15 is 0 Å². The van der Waals surface area contributed by atoms with Crippen LogP contribution < -0.4 is 0 Å². The van der Waals surface area contributed by atoms with Gasteiger partial charge in [-0.3, -0.25) is 4.79 Å². The maximum absolute atomic E-state index is 13.7. The predicted octanol–water partition coefficient (Wildman–Crippen LogP) is 7.84. The molecule has 4 aromatic rings. The highest BCUT2D eigenvalue weighted by Gasteiger charge is 2.43.